The molecule has 0 amide bonds. The number of alkyl halides is 1. The van der Waals surface area contributed by atoms with Gasteiger partial charge in [0.25, 0.3) is 0 Å². The average Bonchev–Trinajstić information content (AvgIpc) is 2.03. The predicted molar refractivity (Wildman–Crippen MR) is 49.2 cm³/mol. The number of halogens is 3. The fourth-order valence-electron chi connectivity index (χ4n) is 0.808. The molecular weight excluding hydrogens is 226 g/mol. The van der Waals surface area contributed by atoms with Crippen LogP contribution in [0.5, 0.6) is 0 Å². The van der Waals surface area contributed by atoms with Gasteiger partial charge in [-0.1, -0.05) is 28.1 Å². The summed E-state index contributed by atoms with van der Waals surface area (Å²) in [6.45, 7) is 0. The van der Waals surface area contributed by atoms with Gasteiger partial charge in [0.15, 0.2) is 0 Å². The Bertz CT molecular complexity index is 295. The Labute approximate surface area is 78.0 Å². The maximum absolute atomic E-state index is 12.9. The number of hydrogen-bond donors (Lipinski definition) is 0. The molecule has 1 aromatic rings. The van der Waals surface area contributed by atoms with E-state index in [4.69, 9.17) is 0 Å². The summed E-state index contributed by atoms with van der Waals surface area (Å²) in [5, 5.41) is 0.657. The van der Waals surface area contributed by atoms with Gasteiger partial charge in [0, 0.05) is 17.0 Å². The molecule has 0 bridgehead atoms. The van der Waals surface area contributed by atoms with Crippen molar-refractivity contribution in [3.63, 3.8) is 0 Å². The molecule has 0 nitrogen and oxygen atoms in total. The molecule has 0 spiro atoms. The number of hydrogen-bond acceptors (Lipinski definition) is 0. The van der Waals surface area contributed by atoms with Crippen molar-refractivity contribution in [2.45, 2.75) is 0 Å². The van der Waals surface area contributed by atoms with Gasteiger partial charge in [0.2, 0.25) is 0 Å². The maximum atomic E-state index is 12.9. The fourth-order valence-corrected chi connectivity index (χ4v) is 0.995. The summed E-state index contributed by atoms with van der Waals surface area (Å²) in [7, 11) is 0. The molecule has 1 aromatic carbocycles. The van der Waals surface area contributed by atoms with Gasteiger partial charge in [-0.25, -0.2) is 8.78 Å². The predicted octanol–water partition coefficient (Wildman–Crippen LogP) is 3.37. The molecule has 0 N–H and O–H groups in total. The van der Waals surface area contributed by atoms with E-state index in [1.807, 2.05) is 0 Å². The van der Waals surface area contributed by atoms with Gasteiger partial charge in [0.05, 0.1) is 0 Å². The SMILES string of the molecule is Fc1ccc(C=CCBr)c(F)c1. The van der Waals surface area contributed by atoms with Crippen molar-refractivity contribution in [2.24, 2.45) is 0 Å². The standard InChI is InChI=1S/C9H7BrF2/c10-5-1-2-7-3-4-8(11)6-9(7)12/h1-4,6H,5H2. The van der Waals surface area contributed by atoms with E-state index in [-0.39, 0.29) is 0 Å². The van der Waals surface area contributed by atoms with Crippen LogP contribution in [-0.2, 0) is 0 Å². The van der Waals surface area contributed by atoms with E-state index in [1.54, 1.807) is 12.2 Å². The highest BCUT2D eigenvalue weighted by Gasteiger charge is 1.98. The summed E-state index contributed by atoms with van der Waals surface area (Å²) in [6, 6.07) is 3.51. The summed E-state index contributed by atoms with van der Waals surface area (Å²) in [5.41, 5.74) is 0.399. The quantitative estimate of drug-likeness (QED) is 0.687. The van der Waals surface area contributed by atoms with Crippen molar-refractivity contribution in [1.29, 1.82) is 0 Å². The second kappa shape index (κ2) is 4.36. The molecule has 0 aliphatic carbocycles. The summed E-state index contributed by atoms with van der Waals surface area (Å²) >= 11 is 3.16. The van der Waals surface area contributed by atoms with Crippen molar-refractivity contribution in [1.82, 2.24) is 0 Å². The molecule has 0 saturated carbocycles. The maximum Gasteiger partial charge on any atom is 0.133 e. The van der Waals surface area contributed by atoms with Crippen LogP contribution in [0.3, 0.4) is 0 Å². The van der Waals surface area contributed by atoms with Crippen molar-refractivity contribution < 1.29 is 8.78 Å². The number of allylic oxidation sites excluding steroid dienone is 1. The zero-order valence-electron chi connectivity index (χ0n) is 6.23. The highest BCUT2D eigenvalue weighted by Crippen LogP contribution is 2.10. The number of benzene rings is 1. The third-order valence-corrected chi connectivity index (χ3v) is 1.72. The lowest BCUT2D eigenvalue weighted by molar-refractivity contribution is 0.581. The molecule has 0 atom stereocenters. The Morgan fingerprint density at radius 2 is 2.08 bits per heavy atom. The van der Waals surface area contributed by atoms with Crippen LogP contribution in [-0.4, -0.2) is 5.33 Å². The Hall–Kier alpha value is -0.700. The van der Waals surface area contributed by atoms with Crippen LogP contribution in [0, 0.1) is 11.6 Å². The second-order valence-electron chi connectivity index (χ2n) is 2.22. The van der Waals surface area contributed by atoms with E-state index >= 15 is 0 Å². The zero-order valence-corrected chi connectivity index (χ0v) is 7.81. The second-order valence-corrected chi connectivity index (χ2v) is 2.87. The molecule has 0 radical (unpaired) electrons. The third-order valence-electron chi connectivity index (χ3n) is 1.35. The fraction of sp³-hybridized carbons (Fsp3) is 0.111. The first-order valence-electron chi connectivity index (χ1n) is 3.41. The van der Waals surface area contributed by atoms with Crippen molar-refractivity contribution in [3.8, 4) is 0 Å². The first-order chi connectivity index (χ1) is 5.74. The zero-order chi connectivity index (χ0) is 8.97. The van der Waals surface area contributed by atoms with Gasteiger partial charge < -0.3 is 0 Å². The Morgan fingerprint density at radius 1 is 1.33 bits per heavy atom. The molecule has 0 saturated heterocycles. The molecule has 3 heteroatoms. The van der Waals surface area contributed by atoms with Crippen LogP contribution in [0.15, 0.2) is 24.3 Å². The van der Waals surface area contributed by atoms with E-state index in [2.05, 4.69) is 15.9 Å². The Kier molecular flexibility index (Phi) is 3.41. The van der Waals surface area contributed by atoms with Crippen LogP contribution in [0.4, 0.5) is 8.78 Å². The van der Waals surface area contributed by atoms with E-state index in [1.165, 1.54) is 12.1 Å². The summed E-state index contributed by atoms with van der Waals surface area (Å²) < 4.78 is 25.3. The topological polar surface area (TPSA) is 0 Å². The largest absolute Gasteiger partial charge is 0.207 e. The average molecular weight is 233 g/mol. The van der Waals surface area contributed by atoms with Crippen molar-refractivity contribution in [3.05, 3.63) is 41.5 Å². The lowest BCUT2D eigenvalue weighted by Crippen LogP contribution is -1.83. The first-order valence-corrected chi connectivity index (χ1v) is 4.53. The van der Waals surface area contributed by atoms with E-state index in [0.717, 1.165) is 6.07 Å². The summed E-state index contributed by atoms with van der Waals surface area (Å²) in [6.07, 6.45) is 3.35. The first kappa shape index (κ1) is 9.39. The lowest BCUT2D eigenvalue weighted by Gasteiger charge is -1.95. The molecule has 0 aliphatic heterocycles. The highest BCUT2D eigenvalue weighted by molar-refractivity contribution is 9.09. The molecule has 0 unspecified atom stereocenters. The minimum atomic E-state index is -0.552. The van der Waals surface area contributed by atoms with Gasteiger partial charge in [-0.2, -0.15) is 0 Å². The van der Waals surface area contributed by atoms with Gasteiger partial charge in [0.1, 0.15) is 11.6 Å². The monoisotopic (exact) mass is 232 g/mol. The summed E-state index contributed by atoms with van der Waals surface area (Å²) in [5.74, 6) is -1.09. The minimum absolute atomic E-state index is 0.399. The molecule has 12 heavy (non-hydrogen) atoms. The van der Waals surface area contributed by atoms with E-state index in [0.29, 0.717) is 10.9 Å². The number of rotatable bonds is 2. The molecule has 1 rings (SSSR count). The van der Waals surface area contributed by atoms with Crippen LogP contribution in [0.1, 0.15) is 5.56 Å². The minimum Gasteiger partial charge on any atom is -0.207 e. The van der Waals surface area contributed by atoms with Gasteiger partial charge in [-0.15, -0.1) is 0 Å². The van der Waals surface area contributed by atoms with Gasteiger partial charge >= 0.3 is 0 Å². The normalized spacial score (nSPS) is 10.9. The Morgan fingerprint density at radius 3 is 2.67 bits per heavy atom. The third kappa shape index (κ3) is 2.41. The van der Waals surface area contributed by atoms with Crippen molar-refractivity contribution >= 4 is 22.0 Å². The summed E-state index contributed by atoms with van der Waals surface area (Å²) in [4.78, 5) is 0. The van der Waals surface area contributed by atoms with Crippen LogP contribution >= 0.6 is 15.9 Å². The van der Waals surface area contributed by atoms with Crippen LogP contribution < -0.4 is 0 Å². The van der Waals surface area contributed by atoms with Gasteiger partial charge in [-0.05, 0) is 12.1 Å². The molecule has 0 aromatic heterocycles. The van der Waals surface area contributed by atoms with Gasteiger partial charge in [-0.3, -0.25) is 0 Å². The van der Waals surface area contributed by atoms with E-state index < -0.39 is 11.6 Å². The smallest absolute Gasteiger partial charge is 0.133 e. The molecule has 0 heterocycles. The Balaban J connectivity index is 2.94. The molecule has 64 valence electrons. The van der Waals surface area contributed by atoms with Crippen LogP contribution in [0.25, 0.3) is 6.08 Å². The lowest BCUT2D eigenvalue weighted by atomic mass is 10.2. The molecular formula is C9H7BrF2. The van der Waals surface area contributed by atoms with E-state index in [9.17, 15) is 8.78 Å². The van der Waals surface area contributed by atoms with Crippen molar-refractivity contribution in [2.75, 3.05) is 5.33 Å². The highest BCUT2D eigenvalue weighted by atomic mass is 79.9. The molecule has 0 aliphatic rings. The molecule has 0 fully saturated rings. The van der Waals surface area contributed by atoms with Crippen LogP contribution in [0.2, 0.25) is 0 Å².